The molecule has 0 aliphatic carbocycles. The summed E-state index contributed by atoms with van der Waals surface area (Å²) >= 11 is 0. The van der Waals surface area contributed by atoms with Gasteiger partial charge in [-0.15, -0.1) is 5.10 Å². The Bertz CT molecular complexity index is 990. The first-order valence-corrected chi connectivity index (χ1v) is 11.9. The van der Waals surface area contributed by atoms with E-state index in [-0.39, 0.29) is 18.3 Å². The van der Waals surface area contributed by atoms with Crippen LogP contribution in [0, 0.1) is 0 Å². The molecule has 182 valence electrons. The topological polar surface area (TPSA) is 99.7 Å². The minimum absolute atomic E-state index is 0.107. The Morgan fingerprint density at radius 3 is 2.55 bits per heavy atom. The first-order valence-electron chi connectivity index (χ1n) is 10.4. The highest BCUT2D eigenvalue weighted by atomic mass is 32.2. The number of likely N-dealkylation sites (N-methyl/N-ethyl adjacent to an activating group) is 1. The lowest BCUT2D eigenvalue weighted by molar-refractivity contribution is -0.137. The van der Waals surface area contributed by atoms with Crippen LogP contribution in [0.15, 0.2) is 30.5 Å². The summed E-state index contributed by atoms with van der Waals surface area (Å²) in [5.41, 5.74) is 5.71. The second kappa shape index (κ2) is 10.5. The molecule has 1 amide bonds. The van der Waals surface area contributed by atoms with Crippen LogP contribution < -0.4 is 15.4 Å². The first-order chi connectivity index (χ1) is 15.6. The number of hydrogen-bond acceptors (Lipinski definition) is 6. The number of anilines is 2. The normalized spacial score (nSPS) is 16.0. The Kier molecular flexibility index (Phi) is 7.97. The number of nitrogens with one attached hydrogen (secondary N) is 1. The molecule has 1 aromatic heterocycles. The molecule has 1 saturated heterocycles. The van der Waals surface area contributed by atoms with Gasteiger partial charge in [-0.25, -0.2) is 9.00 Å². The van der Waals surface area contributed by atoms with Crippen molar-refractivity contribution in [2.45, 2.75) is 12.7 Å². The van der Waals surface area contributed by atoms with Crippen molar-refractivity contribution >= 4 is 28.5 Å². The summed E-state index contributed by atoms with van der Waals surface area (Å²) in [4.78, 5) is 17.9. The third kappa shape index (κ3) is 6.45. The number of nitrogens with zero attached hydrogens (tertiary/aromatic N) is 5. The molecule has 3 rings (SSSR count). The third-order valence-corrected chi connectivity index (χ3v) is 5.82. The van der Waals surface area contributed by atoms with Crippen LogP contribution in [-0.2, 0) is 23.7 Å². The summed E-state index contributed by atoms with van der Waals surface area (Å²) in [6.07, 6.45) is -1.47. The molecule has 33 heavy (non-hydrogen) atoms. The van der Waals surface area contributed by atoms with Gasteiger partial charge in [0.05, 0.1) is 5.56 Å². The molecule has 1 fully saturated rings. The van der Waals surface area contributed by atoms with Gasteiger partial charge in [0, 0.05) is 77.1 Å². The third-order valence-electron chi connectivity index (χ3n) is 5.33. The maximum absolute atomic E-state index is 13.4. The van der Waals surface area contributed by atoms with E-state index in [0.29, 0.717) is 45.1 Å². The van der Waals surface area contributed by atoms with Gasteiger partial charge in [0.15, 0.2) is 5.82 Å². The lowest BCUT2D eigenvalue weighted by Crippen LogP contribution is -2.49. The van der Waals surface area contributed by atoms with E-state index in [2.05, 4.69) is 14.7 Å². The van der Waals surface area contributed by atoms with Crippen molar-refractivity contribution in [3.05, 3.63) is 41.6 Å². The number of alkyl halides is 3. The van der Waals surface area contributed by atoms with Crippen LogP contribution in [0.1, 0.15) is 11.1 Å². The van der Waals surface area contributed by atoms with Crippen molar-refractivity contribution in [3.63, 3.8) is 0 Å². The van der Waals surface area contributed by atoms with Gasteiger partial charge in [0.2, 0.25) is 0 Å². The average molecular weight is 488 g/mol. The molecule has 13 heteroatoms. The van der Waals surface area contributed by atoms with E-state index in [9.17, 15) is 22.2 Å². The van der Waals surface area contributed by atoms with Gasteiger partial charge < -0.3 is 15.5 Å². The molecule has 0 saturated carbocycles. The Morgan fingerprint density at radius 2 is 1.94 bits per heavy atom. The van der Waals surface area contributed by atoms with Crippen LogP contribution in [0.2, 0.25) is 0 Å². The number of aromatic nitrogens is 2. The molecule has 0 radical (unpaired) electrons. The summed E-state index contributed by atoms with van der Waals surface area (Å²) in [6, 6.07) is 5.45. The number of piperazine rings is 1. The summed E-state index contributed by atoms with van der Waals surface area (Å²) in [5, 5.41) is 4.08. The van der Waals surface area contributed by atoms with Crippen LogP contribution in [0.25, 0.3) is 0 Å². The molecule has 1 aliphatic heterocycles. The van der Waals surface area contributed by atoms with Gasteiger partial charge in [0.25, 0.3) is 0 Å². The van der Waals surface area contributed by atoms with E-state index in [1.165, 1.54) is 28.1 Å². The van der Waals surface area contributed by atoms with E-state index < -0.39 is 22.7 Å². The molecule has 0 bridgehead atoms. The van der Waals surface area contributed by atoms with Crippen LogP contribution >= 0.6 is 0 Å². The lowest BCUT2D eigenvalue weighted by atomic mass is 10.1. The SMILES string of the molecule is CN(CCN)c1cc(CN2CCN(C(=O)n3ccc(NS(C)=O)n3)CC2)ccc1C(F)(F)F. The summed E-state index contributed by atoms with van der Waals surface area (Å²) in [7, 11) is 0.310. The largest absolute Gasteiger partial charge is 0.418 e. The smallest absolute Gasteiger partial charge is 0.373 e. The molecule has 2 heterocycles. The fourth-order valence-electron chi connectivity index (χ4n) is 3.68. The molecule has 1 atom stereocenters. The van der Waals surface area contributed by atoms with Crippen LogP contribution in [0.4, 0.5) is 29.5 Å². The fourth-order valence-corrected chi connectivity index (χ4v) is 4.08. The maximum atomic E-state index is 13.4. The maximum Gasteiger partial charge on any atom is 0.418 e. The second-order valence-corrected chi connectivity index (χ2v) is 8.92. The van der Waals surface area contributed by atoms with E-state index in [1.807, 2.05) is 0 Å². The molecule has 0 spiro atoms. The van der Waals surface area contributed by atoms with Crippen molar-refractivity contribution in [2.24, 2.45) is 5.73 Å². The standard InChI is InChI=1S/C20H28F3N7O2S/c1-27(8-6-24)17-13-15(3-4-16(17)20(21,22)23)14-28-9-11-29(12-10-28)19(31)30-7-5-18(25-30)26-33(2)32/h3-5,7,13H,6,8-12,14,24H2,1-2H3,(H,25,26). The van der Waals surface area contributed by atoms with Crippen LogP contribution in [0.3, 0.4) is 0 Å². The molecule has 2 aromatic rings. The second-order valence-electron chi connectivity index (χ2n) is 7.81. The van der Waals surface area contributed by atoms with Gasteiger partial charge in [0.1, 0.15) is 11.0 Å². The molecular formula is C20H28F3N7O2S. The minimum atomic E-state index is -4.45. The Morgan fingerprint density at radius 1 is 1.24 bits per heavy atom. The number of rotatable bonds is 7. The Labute approximate surface area is 192 Å². The average Bonchev–Trinajstić information content (AvgIpc) is 3.21. The highest BCUT2D eigenvalue weighted by Gasteiger charge is 2.34. The van der Waals surface area contributed by atoms with E-state index in [1.54, 1.807) is 24.1 Å². The van der Waals surface area contributed by atoms with E-state index in [0.717, 1.165) is 11.6 Å². The van der Waals surface area contributed by atoms with Crippen molar-refractivity contribution in [2.75, 3.05) is 62.2 Å². The number of carbonyl (C=O) groups is 1. The minimum Gasteiger partial charge on any atom is -0.373 e. The van der Waals surface area contributed by atoms with Crippen LogP contribution in [0.5, 0.6) is 0 Å². The summed E-state index contributed by atoms with van der Waals surface area (Å²) in [5.74, 6) is 0.348. The molecule has 9 nitrogen and oxygen atoms in total. The number of hydrogen-bond donors (Lipinski definition) is 2. The van der Waals surface area contributed by atoms with Gasteiger partial charge in [-0.1, -0.05) is 6.07 Å². The van der Waals surface area contributed by atoms with Crippen LogP contribution in [-0.4, -0.2) is 82.4 Å². The van der Waals surface area contributed by atoms with Crippen molar-refractivity contribution in [1.82, 2.24) is 19.6 Å². The van der Waals surface area contributed by atoms with Gasteiger partial charge in [-0.3, -0.25) is 9.62 Å². The zero-order valence-corrected chi connectivity index (χ0v) is 19.3. The number of benzene rings is 1. The number of nitrogens with two attached hydrogens (primary N) is 1. The van der Waals surface area contributed by atoms with Gasteiger partial charge in [-0.05, 0) is 17.7 Å². The highest BCUT2D eigenvalue weighted by molar-refractivity contribution is 7.85. The predicted octanol–water partition coefficient (Wildman–Crippen LogP) is 1.79. The van der Waals surface area contributed by atoms with E-state index >= 15 is 0 Å². The summed E-state index contributed by atoms with van der Waals surface area (Å²) < 4.78 is 55.3. The Hall–Kier alpha value is -2.64. The van der Waals surface area contributed by atoms with Crippen molar-refractivity contribution in [3.8, 4) is 0 Å². The molecule has 1 unspecified atom stereocenters. The predicted molar refractivity (Wildman–Crippen MR) is 121 cm³/mol. The first kappa shape index (κ1) is 25.0. The zero-order chi connectivity index (χ0) is 24.2. The van der Waals surface area contributed by atoms with Crippen molar-refractivity contribution in [1.29, 1.82) is 0 Å². The zero-order valence-electron chi connectivity index (χ0n) is 18.5. The summed E-state index contributed by atoms with van der Waals surface area (Å²) in [6.45, 7) is 3.10. The van der Waals surface area contributed by atoms with Crippen molar-refractivity contribution < 1.29 is 22.2 Å². The highest BCUT2D eigenvalue weighted by Crippen LogP contribution is 2.37. The molecular weight excluding hydrogens is 459 g/mol. The molecule has 3 N–H and O–H groups in total. The molecule has 1 aromatic carbocycles. The van der Waals surface area contributed by atoms with Gasteiger partial charge >= 0.3 is 12.2 Å². The number of halogens is 3. The number of amides is 1. The van der Waals surface area contributed by atoms with E-state index in [4.69, 9.17) is 5.73 Å². The lowest BCUT2D eigenvalue weighted by Gasteiger charge is -2.34. The number of carbonyl (C=O) groups excluding carboxylic acids is 1. The monoisotopic (exact) mass is 487 g/mol. The Balaban J connectivity index is 1.62. The van der Waals surface area contributed by atoms with Gasteiger partial charge in [-0.2, -0.15) is 17.9 Å². The molecule has 1 aliphatic rings. The fraction of sp³-hybridized carbons (Fsp3) is 0.500. The quantitative estimate of drug-likeness (QED) is 0.618.